The van der Waals surface area contributed by atoms with Gasteiger partial charge in [0.25, 0.3) is 5.91 Å². The Bertz CT molecular complexity index is 954. The number of aryl methyl sites for hydroxylation is 2. The molecule has 2 heterocycles. The highest BCUT2D eigenvalue weighted by Crippen LogP contribution is 2.35. The van der Waals surface area contributed by atoms with Crippen LogP contribution in [0.4, 0.5) is 0 Å². The van der Waals surface area contributed by atoms with Crippen LogP contribution in [0.3, 0.4) is 0 Å². The van der Waals surface area contributed by atoms with Crippen molar-refractivity contribution < 1.29 is 4.79 Å². The smallest absolute Gasteiger partial charge is 0.252 e. The maximum Gasteiger partial charge on any atom is 0.252 e. The van der Waals surface area contributed by atoms with Gasteiger partial charge in [0.2, 0.25) is 0 Å². The van der Waals surface area contributed by atoms with E-state index in [1.54, 1.807) is 29.3 Å². The average Bonchev–Trinajstić information content (AvgIpc) is 2.91. The molecule has 0 aliphatic rings. The lowest BCUT2D eigenvalue weighted by Crippen LogP contribution is -2.25. The number of carbonyl (C=O) groups excluding carboxylic acids is 1. The Kier molecular flexibility index (Phi) is 5.86. The van der Waals surface area contributed by atoms with Crippen molar-refractivity contribution in [1.82, 2.24) is 15.3 Å². The second-order valence-electron chi connectivity index (χ2n) is 7.52. The second-order valence-corrected chi connectivity index (χ2v) is 10.7. The molecule has 0 unspecified atom stereocenters. The lowest BCUT2D eigenvalue weighted by molar-refractivity contribution is 0.0954. The van der Waals surface area contributed by atoms with Gasteiger partial charge in [-0.25, -0.2) is 4.98 Å². The van der Waals surface area contributed by atoms with Gasteiger partial charge in [-0.3, -0.25) is 9.78 Å². The first-order valence-electron chi connectivity index (χ1n) is 9.02. The largest absolute Gasteiger partial charge is 0.352 e. The van der Waals surface area contributed by atoms with E-state index in [0.29, 0.717) is 12.1 Å². The molecule has 0 aliphatic heterocycles. The van der Waals surface area contributed by atoms with Gasteiger partial charge in [-0.2, -0.15) is 0 Å². The monoisotopic (exact) mass is 399 g/mol. The third-order valence-electron chi connectivity index (χ3n) is 4.05. The number of aromatic nitrogens is 2. The molecule has 0 radical (unpaired) electrons. The molecule has 0 saturated heterocycles. The van der Waals surface area contributed by atoms with Crippen molar-refractivity contribution in [2.24, 2.45) is 0 Å². The molecule has 0 saturated carbocycles. The summed E-state index contributed by atoms with van der Waals surface area (Å²) in [7, 11) is 0. The Morgan fingerprint density at radius 3 is 2.70 bits per heavy atom. The number of nitrogens with zero attached hydrogens (tertiary/aromatic N) is 2. The first kappa shape index (κ1) is 19.8. The lowest BCUT2D eigenvalue weighted by Gasteiger charge is -2.18. The number of hydrogen-bond donors (Lipinski definition) is 1. The summed E-state index contributed by atoms with van der Waals surface area (Å²) in [6.45, 7) is 11.2. The van der Waals surface area contributed by atoms with Gasteiger partial charge in [-0.05, 0) is 26.0 Å². The van der Waals surface area contributed by atoms with Crippen molar-refractivity contribution in [3.05, 3.63) is 51.6 Å². The van der Waals surface area contributed by atoms with E-state index in [2.05, 4.69) is 49.0 Å². The Balaban J connectivity index is 1.70. The van der Waals surface area contributed by atoms with E-state index in [-0.39, 0.29) is 10.7 Å². The van der Waals surface area contributed by atoms with Crippen molar-refractivity contribution in [3.8, 4) is 0 Å². The topological polar surface area (TPSA) is 54.9 Å². The molecular formula is C21H25N3OS2. The fourth-order valence-corrected chi connectivity index (χ4v) is 4.71. The number of carbonyl (C=O) groups is 1. The summed E-state index contributed by atoms with van der Waals surface area (Å²) in [5.41, 5.74) is 2.61. The van der Waals surface area contributed by atoms with Crippen LogP contribution in [0.15, 0.2) is 35.4 Å². The van der Waals surface area contributed by atoms with Gasteiger partial charge in [0.1, 0.15) is 0 Å². The Labute approximate surface area is 168 Å². The highest BCUT2D eigenvalue weighted by molar-refractivity contribution is 8.00. The minimum atomic E-state index is -0.0942. The molecule has 0 aliphatic carbocycles. The Hall–Kier alpha value is -1.92. The van der Waals surface area contributed by atoms with Crippen molar-refractivity contribution in [3.63, 3.8) is 0 Å². The predicted molar refractivity (Wildman–Crippen MR) is 115 cm³/mol. The number of hydrogen-bond acceptors (Lipinski definition) is 5. The van der Waals surface area contributed by atoms with Crippen LogP contribution < -0.4 is 5.32 Å². The fraction of sp³-hybridized carbons (Fsp3) is 0.381. The molecular weight excluding hydrogens is 374 g/mol. The zero-order chi connectivity index (χ0) is 19.6. The molecule has 1 aromatic carbocycles. The number of thiazole rings is 1. The van der Waals surface area contributed by atoms with Crippen LogP contribution in [0.2, 0.25) is 0 Å². The van der Waals surface area contributed by atoms with Gasteiger partial charge >= 0.3 is 0 Å². The minimum absolute atomic E-state index is 0.0942. The van der Waals surface area contributed by atoms with Crippen LogP contribution in [0.25, 0.3) is 10.9 Å². The first-order valence-corrected chi connectivity index (χ1v) is 10.6. The molecule has 0 fully saturated rings. The van der Waals surface area contributed by atoms with Crippen molar-refractivity contribution in [2.45, 2.75) is 50.7 Å². The number of rotatable bonds is 5. The van der Waals surface area contributed by atoms with Gasteiger partial charge in [0, 0.05) is 39.1 Å². The number of amides is 1. The molecule has 142 valence electrons. The van der Waals surface area contributed by atoms with Crippen molar-refractivity contribution in [2.75, 3.05) is 6.54 Å². The van der Waals surface area contributed by atoms with E-state index < -0.39 is 0 Å². The maximum absolute atomic E-state index is 12.5. The zero-order valence-electron chi connectivity index (χ0n) is 16.4. The zero-order valence-corrected chi connectivity index (χ0v) is 18.1. The molecule has 0 bridgehead atoms. The number of nitrogens with one attached hydrogen (secondary N) is 1. The number of fused-ring (bicyclic) bond motifs is 1. The molecule has 3 aromatic rings. The molecule has 0 atom stereocenters. The summed E-state index contributed by atoms with van der Waals surface area (Å²) in [5.74, 6) is -0.0942. The average molecular weight is 400 g/mol. The molecule has 3 rings (SSSR count). The van der Waals surface area contributed by atoms with Gasteiger partial charge in [0.15, 0.2) is 0 Å². The van der Waals surface area contributed by atoms with E-state index in [1.165, 1.54) is 4.88 Å². The number of para-hydroxylation sites is 1. The highest BCUT2D eigenvalue weighted by atomic mass is 32.2. The normalized spacial score (nSPS) is 11.7. The van der Waals surface area contributed by atoms with Gasteiger partial charge in [-0.15, -0.1) is 23.1 Å². The first-order chi connectivity index (χ1) is 12.7. The quantitative estimate of drug-likeness (QED) is 0.601. The Morgan fingerprint density at radius 2 is 2.04 bits per heavy atom. The van der Waals surface area contributed by atoms with Crippen LogP contribution >= 0.6 is 23.1 Å². The summed E-state index contributed by atoms with van der Waals surface area (Å²) in [4.78, 5) is 24.0. The standard InChI is InChI=1S/C21H25N3OS2/c1-13-14(2)26-18(24-13)9-10-22-20(25)16-11-15-7-6-8-17(19(15)23-12-16)27-21(3,4)5/h6-8,11-12H,9-10H2,1-5H3,(H,22,25). The van der Waals surface area contributed by atoms with Crippen molar-refractivity contribution in [1.29, 1.82) is 0 Å². The van der Waals surface area contributed by atoms with Crippen LogP contribution in [0.1, 0.15) is 46.7 Å². The minimum Gasteiger partial charge on any atom is -0.352 e. The second kappa shape index (κ2) is 7.98. The molecule has 27 heavy (non-hydrogen) atoms. The number of pyridine rings is 1. The van der Waals surface area contributed by atoms with Crippen LogP contribution in [-0.2, 0) is 6.42 Å². The van der Waals surface area contributed by atoms with E-state index in [1.807, 2.05) is 25.1 Å². The van der Waals surface area contributed by atoms with Crippen LogP contribution in [0.5, 0.6) is 0 Å². The molecule has 4 nitrogen and oxygen atoms in total. The summed E-state index contributed by atoms with van der Waals surface area (Å²) >= 11 is 3.48. The van der Waals surface area contributed by atoms with E-state index in [4.69, 9.17) is 0 Å². The molecule has 6 heteroatoms. The number of thioether (sulfide) groups is 1. The van der Waals surface area contributed by atoms with Gasteiger partial charge < -0.3 is 5.32 Å². The summed E-state index contributed by atoms with van der Waals surface area (Å²) in [6, 6.07) is 8.03. The SMILES string of the molecule is Cc1nc(CCNC(=O)c2cnc3c(SC(C)(C)C)cccc3c2)sc1C. The van der Waals surface area contributed by atoms with Gasteiger partial charge in [-0.1, -0.05) is 32.9 Å². The summed E-state index contributed by atoms with van der Waals surface area (Å²) < 4.78 is 0.110. The molecule has 0 spiro atoms. The number of benzene rings is 1. The Morgan fingerprint density at radius 1 is 1.26 bits per heavy atom. The van der Waals surface area contributed by atoms with Crippen molar-refractivity contribution >= 4 is 39.9 Å². The molecule has 1 amide bonds. The maximum atomic E-state index is 12.5. The van der Waals surface area contributed by atoms with Crippen LogP contribution in [0, 0.1) is 13.8 Å². The van der Waals surface area contributed by atoms with Gasteiger partial charge in [0.05, 0.1) is 21.8 Å². The molecule has 2 aromatic heterocycles. The predicted octanol–water partition coefficient (Wildman–Crippen LogP) is 5.17. The third-order valence-corrected chi connectivity index (χ3v) is 6.34. The fourth-order valence-electron chi connectivity index (χ4n) is 2.70. The summed E-state index contributed by atoms with van der Waals surface area (Å²) in [5, 5.41) is 5.03. The highest BCUT2D eigenvalue weighted by Gasteiger charge is 2.15. The van der Waals surface area contributed by atoms with E-state index >= 15 is 0 Å². The lowest BCUT2D eigenvalue weighted by atomic mass is 10.1. The third kappa shape index (κ3) is 5.08. The van der Waals surface area contributed by atoms with E-state index in [9.17, 15) is 4.79 Å². The summed E-state index contributed by atoms with van der Waals surface area (Å²) in [6.07, 6.45) is 2.42. The van der Waals surface area contributed by atoms with Crippen LogP contribution in [-0.4, -0.2) is 27.2 Å². The van der Waals surface area contributed by atoms with E-state index in [0.717, 1.165) is 32.9 Å². The molecule has 1 N–H and O–H groups in total.